The smallest absolute Gasteiger partial charge is 0.237 e. The van der Waals surface area contributed by atoms with Gasteiger partial charge in [0.15, 0.2) is 0 Å². The molecule has 1 heterocycles. The van der Waals surface area contributed by atoms with Crippen LogP contribution in [0, 0.1) is 29.6 Å². The molecule has 0 atom stereocenters. The highest BCUT2D eigenvalue weighted by Gasteiger charge is 2.05. The van der Waals surface area contributed by atoms with Gasteiger partial charge >= 0.3 is 0 Å². The monoisotopic (exact) mass is 308 g/mol. The Bertz CT molecular complexity index is 760. The van der Waals surface area contributed by atoms with Crippen LogP contribution in [-0.4, -0.2) is 15.5 Å². The Kier molecular flexibility index (Phi) is 5.32. The van der Waals surface area contributed by atoms with Gasteiger partial charge in [-0.1, -0.05) is 0 Å². The van der Waals surface area contributed by atoms with Crippen LogP contribution in [-0.2, 0) is 13.2 Å². The minimum atomic E-state index is -0.228. The van der Waals surface area contributed by atoms with Gasteiger partial charge in [0.25, 0.3) is 0 Å². The number of aryl methyl sites for hydroxylation is 1. The van der Waals surface area contributed by atoms with Crippen molar-refractivity contribution in [3.8, 4) is 17.9 Å². The van der Waals surface area contributed by atoms with E-state index in [0.717, 1.165) is 17.8 Å². The van der Waals surface area contributed by atoms with Gasteiger partial charge in [0.1, 0.15) is 24.5 Å². The van der Waals surface area contributed by atoms with Crippen LogP contribution in [0.3, 0.4) is 0 Å². The van der Waals surface area contributed by atoms with Crippen molar-refractivity contribution in [2.24, 2.45) is 5.10 Å². The Balaban J connectivity index is 1.95. The van der Waals surface area contributed by atoms with Gasteiger partial charge in [0.05, 0.1) is 11.9 Å². The number of nitrogens with one attached hydrogen (secondary N) is 1. The Morgan fingerprint density at radius 3 is 2.57 bits per heavy atom. The van der Waals surface area contributed by atoms with E-state index >= 15 is 0 Å². The van der Waals surface area contributed by atoms with Crippen molar-refractivity contribution in [3.05, 3.63) is 41.7 Å². The van der Waals surface area contributed by atoms with E-state index < -0.39 is 0 Å². The maximum atomic E-state index is 8.60. The molecule has 0 radical (unpaired) electrons. The van der Waals surface area contributed by atoms with Crippen molar-refractivity contribution >= 4 is 11.4 Å². The molecule has 23 heavy (non-hydrogen) atoms. The van der Waals surface area contributed by atoms with Gasteiger partial charge in [-0.25, -0.2) is 0 Å². The van der Waals surface area contributed by atoms with Gasteiger partial charge in [-0.3, -0.25) is 10.1 Å². The van der Waals surface area contributed by atoms with Crippen molar-refractivity contribution < 1.29 is 4.74 Å². The third kappa shape index (κ3) is 4.08. The van der Waals surface area contributed by atoms with Crippen LogP contribution in [0.5, 0.6) is 5.75 Å². The number of benzene rings is 1. The molecule has 7 heteroatoms. The molecule has 0 bridgehead atoms. The highest BCUT2D eigenvalue weighted by Crippen LogP contribution is 2.18. The normalized spacial score (nSPS) is 9.57. The molecule has 1 aromatic carbocycles. The number of nitriles is 2. The SMILES string of the molecule is CCn1ncc(COc2ccc(NN=C(C#N)C#N)cc2)c1C. The van der Waals surface area contributed by atoms with Gasteiger partial charge in [0, 0.05) is 17.8 Å². The molecule has 0 fully saturated rings. The summed E-state index contributed by atoms with van der Waals surface area (Å²) in [5.41, 5.74) is 5.22. The second-order valence-corrected chi connectivity index (χ2v) is 4.68. The summed E-state index contributed by atoms with van der Waals surface area (Å²) in [5, 5.41) is 25.1. The first-order chi connectivity index (χ1) is 11.2. The van der Waals surface area contributed by atoms with Crippen LogP contribution in [0.25, 0.3) is 0 Å². The molecular formula is C16H16N6O. The summed E-state index contributed by atoms with van der Waals surface area (Å²) in [5.74, 6) is 0.712. The summed E-state index contributed by atoms with van der Waals surface area (Å²) >= 11 is 0. The maximum Gasteiger partial charge on any atom is 0.237 e. The summed E-state index contributed by atoms with van der Waals surface area (Å²) in [6.07, 6.45) is 1.81. The minimum Gasteiger partial charge on any atom is -0.489 e. The van der Waals surface area contributed by atoms with E-state index in [-0.39, 0.29) is 5.71 Å². The van der Waals surface area contributed by atoms with Crippen LogP contribution >= 0.6 is 0 Å². The minimum absolute atomic E-state index is 0.228. The molecule has 0 unspecified atom stereocenters. The van der Waals surface area contributed by atoms with Crippen molar-refractivity contribution in [2.75, 3.05) is 5.43 Å². The van der Waals surface area contributed by atoms with Crippen LogP contribution in [0.1, 0.15) is 18.2 Å². The highest BCUT2D eigenvalue weighted by atomic mass is 16.5. The predicted molar refractivity (Wildman–Crippen MR) is 85.7 cm³/mol. The summed E-state index contributed by atoms with van der Waals surface area (Å²) in [4.78, 5) is 0. The topological polar surface area (TPSA) is 99.0 Å². The van der Waals surface area contributed by atoms with Gasteiger partial charge in [-0.05, 0) is 38.1 Å². The summed E-state index contributed by atoms with van der Waals surface area (Å²) in [6.45, 7) is 5.34. The number of hydrazone groups is 1. The number of aromatic nitrogens is 2. The molecule has 0 aliphatic carbocycles. The van der Waals surface area contributed by atoms with Crippen molar-refractivity contribution in [3.63, 3.8) is 0 Å². The molecule has 2 aromatic rings. The molecule has 2 rings (SSSR count). The largest absolute Gasteiger partial charge is 0.489 e. The van der Waals surface area contributed by atoms with E-state index in [1.54, 1.807) is 36.4 Å². The van der Waals surface area contributed by atoms with Crippen molar-refractivity contribution in [1.29, 1.82) is 10.5 Å². The number of hydrogen-bond donors (Lipinski definition) is 1. The zero-order valence-electron chi connectivity index (χ0n) is 12.9. The molecule has 0 saturated carbocycles. The lowest BCUT2D eigenvalue weighted by Gasteiger charge is -2.07. The van der Waals surface area contributed by atoms with Crippen LogP contribution < -0.4 is 10.2 Å². The lowest BCUT2D eigenvalue weighted by atomic mass is 10.2. The molecule has 116 valence electrons. The van der Waals surface area contributed by atoms with Crippen LogP contribution in [0.2, 0.25) is 0 Å². The molecule has 7 nitrogen and oxygen atoms in total. The fourth-order valence-corrected chi connectivity index (χ4v) is 1.93. The first-order valence-corrected chi connectivity index (χ1v) is 7.06. The fraction of sp³-hybridized carbons (Fsp3) is 0.250. The average molecular weight is 308 g/mol. The van der Waals surface area contributed by atoms with Crippen molar-refractivity contribution in [2.45, 2.75) is 27.0 Å². The van der Waals surface area contributed by atoms with E-state index in [1.165, 1.54) is 0 Å². The van der Waals surface area contributed by atoms with E-state index in [4.69, 9.17) is 15.3 Å². The second-order valence-electron chi connectivity index (χ2n) is 4.68. The zero-order valence-corrected chi connectivity index (χ0v) is 12.9. The lowest BCUT2D eigenvalue weighted by molar-refractivity contribution is 0.305. The molecule has 0 spiro atoms. The third-order valence-corrected chi connectivity index (χ3v) is 3.26. The standard InChI is InChI=1S/C16H16N6O/c1-3-22-12(2)13(10-19-22)11-23-16-6-4-14(5-7-16)20-21-15(8-17)9-18/h4-7,10,20H,3,11H2,1-2H3. The van der Waals surface area contributed by atoms with Gasteiger partial charge in [-0.15, -0.1) is 0 Å². The molecule has 0 aliphatic rings. The fourth-order valence-electron chi connectivity index (χ4n) is 1.93. The van der Waals surface area contributed by atoms with Gasteiger partial charge in [0.2, 0.25) is 5.71 Å². The van der Waals surface area contributed by atoms with Gasteiger partial charge < -0.3 is 4.74 Å². The number of nitrogens with zero attached hydrogens (tertiary/aromatic N) is 5. The number of rotatable bonds is 6. The number of ether oxygens (including phenoxy) is 1. The maximum absolute atomic E-state index is 8.60. The van der Waals surface area contributed by atoms with Gasteiger partial charge in [-0.2, -0.15) is 20.7 Å². The Hall–Kier alpha value is -3.32. The molecular weight excluding hydrogens is 292 g/mol. The van der Waals surface area contributed by atoms with Crippen LogP contribution in [0.15, 0.2) is 35.6 Å². The predicted octanol–water partition coefficient (Wildman–Crippen LogP) is 2.61. The first kappa shape index (κ1) is 16.1. The van der Waals surface area contributed by atoms with E-state index in [2.05, 4.69) is 15.6 Å². The first-order valence-electron chi connectivity index (χ1n) is 7.06. The summed E-state index contributed by atoms with van der Waals surface area (Å²) in [6, 6.07) is 10.4. The number of anilines is 1. The summed E-state index contributed by atoms with van der Waals surface area (Å²) in [7, 11) is 0. The Morgan fingerprint density at radius 2 is 2.00 bits per heavy atom. The second kappa shape index (κ2) is 7.62. The third-order valence-electron chi connectivity index (χ3n) is 3.26. The quantitative estimate of drug-likeness (QED) is 0.653. The number of hydrogen-bond acceptors (Lipinski definition) is 6. The summed E-state index contributed by atoms with van der Waals surface area (Å²) < 4.78 is 7.65. The molecule has 0 amide bonds. The molecule has 0 saturated heterocycles. The zero-order chi connectivity index (χ0) is 16.7. The Labute approximate surface area is 134 Å². The molecule has 1 N–H and O–H groups in total. The average Bonchev–Trinajstić information content (AvgIpc) is 2.95. The lowest BCUT2D eigenvalue weighted by Crippen LogP contribution is -2.01. The molecule has 1 aromatic heterocycles. The van der Waals surface area contributed by atoms with Crippen molar-refractivity contribution in [1.82, 2.24) is 9.78 Å². The van der Waals surface area contributed by atoms with E-state index in [9.17, 15) is 0 Å². The molecule has 0 aliphatic heterocycles. The Morgan fingerprint density at radius 1 is 1.30 bits per heavy atom. The highest BCUT2D eigenvalue weighted by molar-refractivity contribution is 6.10. The van der Waals surface area contributed by atoms with E-state index in [0.29, 0.717) is 18.0 Å². The van der Waals surface area contributed by atoms with E-state index in [1.807, 2.05) is 24.7 Å². The van der Waals surface area contributed by atoms with Crippen LogP contribution in [0.4, 0.5) is 5.69 Å².